The van der Waals surface area contributed by atoms with E-state index in [9.17, 15) is 45.3 Å². The van der Waals surface area contributed by atoms with Gasteiger partial charge in [0, 0.05) is 6.92 Å². The minimum Gasteiger partial charge on any atom is -0.394 e. The SMILES string of the molecule is CC(=O)N[C@](O)(C(=O)C1O[C@H](CO)[C@H](O)[C@H](O)[C@H]1O)[C@@H](O)[C@H](O)[C@H](O)CO. The molecule has 0 spiro atoms. The maximum atomic E-state index is 12.7. The van der Waals surface area contributed by atoms with Gasteiger partial charge in [-0.05, 0) is 0 Å². The van der Waals surface area contributed by atoms with Gasteiger partial charge >= 0.3 is 0 Å². The van der Waals surface area contributed by atoms with Crippen molar-refractivity contribution >= 4 is 11.7 Å². The maximum absolute atomic E-state index is 12.7. The van der Waals surface area contributed by atoms with E-state index < -0.39 is 79.5 Å². The molecule has 1 amide bonds. The molecule has 0 saturated carbocycles. The van der Waals surface area contributed by atoms with Crippen molar-refractivity contribution in [2.24, 2.45) is 0 Å². The molecule has 1 saturated heterocycles. The van der Waals surface area contributed by atoms with E-state index in [0.29, 0.717) is 0 Å². The van der Waals surface area contributed by atoms with Gasteiger partial charge in [-0.25, -0.2) is 0 Å². The van der Waals surface area contributed by atoms with Gasteiger partial charge in [0.1, 0.15) is 48.8 Å². The van der Waals surface area contributed by atoms with Crippen molar-refractivity contribution in [1.29, 1.82) is 0 Å². The zero-order valence-electron chi connectivity index (χ0n) is 14.3. The van der Waals surface area contributed by atoms with E-state index in [4.69, 9.17) is 14.9 Å². The molecule has 1 fully saturated rings. The number of ketones is 1. The van der Waals surface area contributed by atoms with Crippen molar-refractivity contribution in [2.45, 2.75) is 61.5 Å². The molecule has 1 rings (SSSR count). The second-order valence-electron chi connectivity index (χ2n) is 6.25. The van der Waals surface area contributed by atoms with Gasteiger partial charge < -0.3 is 56.0 Å². The van der Waals surface area contributed by atoms with E-state index in [0.717, 1.165) is 6.92 Å². The Morgan fingerprint density at radius 2 is 1.63 bits per heavy atom. The fraction of sp³-hybridized carbons (Fsp3) is 0.857. The third-order valence-corrected chi connectivity index (χ3v) is 4.23. The van der Waals surface area contributed by atoms with Crippen molar-refractivity contribution < 1.29 is 60.3 Å². The molecular formula is C14H25NO12. The largest absolute Gasteiger partial charge is 0.394 e. The lowest BCUT2D eigenvalue weighted by atomic mass is 9.85. The van der Waals surface area contributed by atoms with Gasteiger partial charge in [0.25, 0.3) is 0 Å². The second-order valence-corrected chi connectivity index (χ2v) is 6.25. The quantitative estimate of drug-likeness (QED) is 0.171. The monoisotopic (exact) mass is 399 g/mol. The smallest absolute Gasteiger partial charge is 0.230 e. The number of aliphatic hydroxyl groups is 9. The van der Waals surface area contributed by atoms with Crippen LogP contribution < -0.4 is 5.32 Å². The topological polar surface area (TPSA) is 237 Å². The fourth-order valence-electron chi connectivity index (χ4n) is 2.65. The Balaban J connectivity index is 3.25. The summed E-state index contributed by atoms with van der Waals surface area (Å²) in [5, 5.41) is 88.9. The van der Waals surface area contributed by atoms with E-state index in [1.165, 1.54) is 0 Å². The predicted octanol–water partition coefficient (Wildman–Crippen LogP) is -6.70. The second kappa shape index (κ2) is 9.29. The maximum Gasteiger partial charge on any atom is 0.230 e. The lowest BCUT2D eigenvalue weighted by molar-refractivity contribution is -0.240. The van der Waals surface area contributed by atoms with E-state index >= 15 is 0 Å². The van der Waals surface area contributed by atoms with Crippen LogP contribution in [0.5, 0.6) is 0 Å². The first kappa shape index (κ1) is 23.8. The van der Waals surface area contributed by atoms with Crippen LogP contribution in [0.1, 0.15) is 6.92 Å². The van der Waals surface area contributed by atoms with Gasteiger partial charge in [0.15, 0.2) is 0 Å². The molecule has 0 aliphatic carbocycles. The lowest BCUT2D eigenvalue weighted by Crippen LogP contribution is -2.72. The van der Waals surface area contributed by atoms with Crippen molar-refractivity contribution in [3.05, 3.63) is 0 Å². The molecule has 1 aliphatic rings. The highest BCUT2D eigenvalue weighted by atomic mass is 16.6. The van der Waals surface area contributed by atoms with Crippen molar-refractivity contribution in [2.75, 3.05) is 13.2 Å². The number of ether oxygens (including phenoxy) is 1. The normalized spacial score (nSPS) is 34.2. The number of carbonyl (C=O) groups excluding carboxylic acids is 2. The Labute approximate surface area is 153 Å². The van der Waals surface area contributed by atoms with E-state index in [2.05, 4.69) is 0 Å². The lowest BCUT2D eigenvalue weighted by Gasteiger charge is -2.43. The van der Waals surface area contributed by atoms with E-state index in [-0.39, 0.29) is 0 Å². The minimum atomic E-state index is -3.32. The number of rotatable bonds is 8. The number of hydrogen-bond acceptors (Lipinski definition) is 12. The summed E-state index contributed by atoms with van der Waals surface area (Å²) >= 11 is 0. The summed E-state index contributed by atoms with van der Waals surface area (Å²) in [7, 11) is 0. The molecule has 1 heterocycles. The number of amides is 1. The van der Waals surface area contributed by atoms with Gasteiger partial charge in [-0.3, -0.25) is 9.59 Å². The Bertz CT molecular complexity index is 530. The van der Waals surface area contributed by atoms with Crippen LogP contribution in [0.2, 0.25) is 0 Å². The van der Waals surface area contributed by atoms with Crippen molar-refractivity contribution in [3.63, 3.8) is 0 Å². The summed E-state index contributed by atoms with van der Waals surface area (Å²) in [6, 6.07) is 0. The van der Waals surface area contributed by atoms with Crippen LogP contribution in [-0.4, -0.2) is 125 Å². The molecule has 9 atom stereocenters. The Kier molecular flexibility index (Phi) is 8.18. The van der Waals surface area contributed by atoms with Crippen LogP contribution in [0.25, 0.3) is 0 Å². The highest BCUT2D eigenvalue weighted by Crippen LogP contribution is 2.26. The van der Waals surface area contributed by atoms with Crippen LogP contribution in [-0.2, 0) is 14.3 Å². The van der Waals surface area contributed by atoms with E-state index in [1.807, 2.05) is 0 Å². The third kappa shape index (κ3) is 4.78. The number of Topliss-reactive ketones (excluding diaryl/α,β-unsaturated/α-hetero) is 1. The highest BCUT2D eigenvalue weighted by Gasteiger charge is 2.56. The average molecular weight is 399 g/mol. The molecule has 0 bridgehead atoms. The zero-order chi connectivity index (χ0) is 21.1. The molecule has 1 aliphatic heterocycles. The molecule has 27 heavy (non-hydrogen) atoms. The Morgan fingerprint density at radius 1 is 1.07 bits per heavy atom. The summed E-state index contributed by atoms with van der Waals surface area (Å²) in [5.74, 6) is -2.72. The van der Waals surface area contributed by atoms with Gasteiger partial charge in [-0.1, -0.05) is 0 Å². The van der Waals surface area contributed by atoms with Gasteiger partial charge in [0.2, 0.25) is 17.4 Å². The first-order valence-electron chi connectivity index (χ1n) is 7.93. The molecule has 0 aromatic heterocycles. The molecule has 13 heteroatoms. The summed E-state index contributed by atoms with van der Waals surface area (Å²) < 4.78 is 4.96. The molecule has 1 unspecified atom stereocenters. The number of hydrogen-bond donors (Lipinski definition) is 10. The van der Waals surface area contributed by atoms with Gasteiger partial charge in [0.05, 0.1) is 13.2 Å². The van der Waals surface area contributed by atoms with Crippen LogP contribution >= 0.6 is 0 Å². The standard InChI is InChI=1S/C14H25NO12/c1-4(18)15-14(26,12(24)7(20)5(19)2-16)13(25)11-10(23)9(22)8(21)6(3-17)27-11/h5-12,16-17,19-24,26H,2-3H2,1H3,(H,15,18)/t5-,6-,7-,8+,9+,10-,11?,12+,14-/m1/s1. The zero-order valence-corrected chi connectivity index (χ0v) is 14.3. The van der Waals surface area contributed by atoms with Crippen LogP contribution in [0.4, 0.5) is 0 Å². The first-order valence-corrected chi connectivity index (χ1v) is 7.93. The molecule has 0 aromatic rings. The van der Waals surface area contributed by atoms with Gasteiger partial charge in [-0.2, -0.15) is 0 Å². The van der Waals surface area contributed by atoms with Crippen LogP contribution in [0.15, 0.2) is 0 Å². The number of carbonyl (C=O) groups is 2. The Hall–Kier alpha value is -1.26. The van der Waals surface area contributed by atoms with Crippen LogP contribution in [0, 0.1) is 0 Å². The van der Waals surface area contributed by atoms with Crippen molar-refractivity contribution in [1.82, 2.24) is 5.32 Å². The molecule has 0 radical (unpaired) electrons. The fourth-order valence-corrected chi connectivity index (χ4v) is 2.65. The molecule has 158 valence electrons. The molecule has 0 aromatic carbocycles. The third-order valence-electron chi connectivity index (χ3n) is 4.23. The predicted molar refractivity (Wildman–Crippen MR) is 82.6 cm³/mol. The number of nitrogens with one attached hydrogen (secondary N) is 1. The first-order chi connectivity index (χ1) is 12.4. The number of aliphatic hydroxyl groups excluding tert-OH is 8. The van der Waals surface area contributed by atoms with Gasteiger partial charge in [-0.15, -0.1) is 0 Å². The highest BCUT2D eigenvalue weighted by molar-refractivity contribution is 5.95. The van der Waals surface area contributed by atoms with Crippen molar-refractivity contribution in [3.8, 4) is 0 Å². The summed E-state index contributed by atoms with van der Waals surface area (Å²) in [6.45, 7) is -1.11. The van der Waals surface area contributed by atoms with Crippen LogP contribution in [0.3, 0.4) is 0 Å². The minimum absolute atomic E-state index is 0.840. The molecular weight excluding hydrogens is 374 g/mol. The molecule has 13 nitrogen and oxygen atoms in total. The summed E-state index contributed by atoms with van der Waals surface area (Å²) in [4.78, 5) is 24.1. The molecule has 10 N–H and O–H groups in total. The summed E-state index contributed by atoms with van der Waals surface area (Å²) in [5.41, 5.74) is -3.32. The Morgan fingerprint density at radius 3 is 2.07 bits per heavy atom. The average Bonchev–Trinajstić information content (AvgIpc) is 2.63. The van der Waals surface area contributed by atoms with E-state index in [1.54, 1.807) is 5.32 Å². The summed E-state index contributed by atoms with van der Waals surface area (Å²) in [6.07, 6.45) is -16.5.